The van der Waals surface area contributed by atoms with Crippen molar-refractivity contribution in [3.8, 4) is 5.75 Å². The molecule has 132 valence electrons. The van der Waals surface area contributed by atoms with E-state index < -0.39 is 0 Å². The molecule has 0 aromatic heterocycles. The molecule has 0 saturated carbocycles. The third-order valence-electron chi connectivity index (χ3n) is 3.92. The molecule has 0 aliphatic heterocycles. The molecule has 0 heterocycles. The van der Waals surface area contributed by atoms with Crippen molar-refractivity contribution in [2.24, 2.45) is 0 Å². The van der Waals surface area contributed by atoms with Crippen LogP contribution in [-0.2, 0) is 4.79 Å². The van der Waals surface area contributed by atoms with Gasteiger partial charge in [-0.05, 0) is 42.9 Å². The second-order valence-corrected chi connectivity index (χ2v) is 6.38. The van der Waals surface area contributed by atoms with E-state index in [1.165, 1.54) is 0 Å². The fraction of sp³-hybridized carbons (Fsp3) is 0.333. The number of carbonyl (C=O) groups excluding carboxylic acids is 2. The first-order valence-electron chi connectivity index (χ1n) is 8.72. The highest BCUT2D eigenvalue weighted by atomic mass is 32.1. The van der Waals surface area contributed by atoms with Crippen molar-refractivity contribution < 1.29 is 14.3 Å². The molecule has 0 N–H and O–H groups in total. The number of esters is 1. The molecule has 2 aromatic carbocycles. The SMILES string of the molecule is O=C(CCCCCCCS)Oc1ccc(C(=O)c2ccccc2)cc1. The first-order valence-corrected chi connectivity index (χ1v) is 9.35. The van der Waals surface area contributed by atoms with Gasteiger partial charge in [-0.2, -0.15) is 12.6 Å². The molecule has 0 bridgehead atoms. The van der Waals surface area contributed by atoms with Crippen LogP contribution in [0.2, 0.25) is 0 Å². The van der Waals surface area contributed by atoms with E-state index in [9.17, 15) is 9.59 Å². The number of unbranched alkanes of at least 4 members (excludes halogenated alkanes) is 4. The van der Waals surface area contributed by atoms with Crippen LogP contribution in [0.15, 0.2) is 54.6 Å². The van der Waals surface area contributed by atoms with Crippen LogP contribution in [0.4, 0.5) is 0 Å². The second-order valence-electron chi connectivity index (χ2n) is 5.93. The van der Waals surface area contributed by atoms with Crippen LogP contribution < -0.4 is 4.74 Å². The van der Waals surface area contributed by atoms with Gasteiger partial charge in [-0.25, -0.2) is 0 Å². The molecule has 0 unspecified atom stereocenters. The Hall–Kier alpha value is -2.07. The van der Waals surface area contributed by atoms with Crippen molar-refractivity contribution in [2.75, 3.05) is 5.75 Å². The molecule has 0 radical (unpaired) electrons. The Kier molecular flexibility index (Phi) is 8.26. The molecule has 2 aromatic rings. The second kappa shape index (κ2) is 10.7. The van der Waals surface area contributed by atoms with Crippen molar-refractivity contribution in [1.29, 1.82) is 0 Å². The Morgan fingerprint density at radius 2 is 1.36 bits per heavy atom. The van der Waals surface area contributed by atoms with E-state index in [1.807, 2.05) is 18.2 Å². The topological polar surface area (TPSA) is 43.4 Å². The van der Waals surface area contributed by atoms with E-state index in [0.29, 0.717) is 23.3 Å². The van der Waals surface area contributed by atoms with E-state index >= 15 is 0 Å². The molecule has 0 spiro atoms. The van der Waals surface area contributed by atoms with Crippen molar-refractivity contribution in [3.63, 3.8) is 0 Å². The normalized spacial score (nSPS) is 10.4. The molecular formula is C21H24O3S. The predicted molar refractivity (Wildman–Crippen MR) is 104 cm³/mol. The first-order chi connectivity index (χ1) is 12.2. The Labute approximate surface area is 154 Å². The summed E-state index contributed by atoms with van der Waals surface area (Å²) in [6, 6.07) is 15.8. The molecule has 2 rings (SSSR count). The smallest absolute Gasteiger partial charge is 0.311 e. The van der Waals surface area contributed by atoms with Gasteiger partial charge in [0.1, 0.15) is 5.75 Å². The number of hydrogen-bond acceptors (Lipinski definition) is 4. The van der Waals surface area contributed by atoms with Gasteiger partial charge in [0.15, 0.2) is 5.78 Å². The number of ketones is 1. The van der Waals surface area contributed by atoms with Gasteiger partial charge < -0.3 is 4.74 Å². The first kappa shape index (κ1) is 19.3. The van der Waals surface area contributed by atoms with E-state index in [-0.39, 0.29) is 11.8 Å². The fourth-order valence-corrected chi connectivity index (χ4v) is 2.75. The Balaban J connectivity index is 1.78. The predicted octanol–water partition coefficient (Wildman–Crippen LogP) is 5.09. The van der Waals surface area contributed by atoms with E-state index in [0.717, 1.165) is 37.9 Å². The van der Waals surface area contributed by atoms with Crippen LogP contribution in [0, 0.1) is 0 Å². The van der Waals surface area contributed by atoms with Crippen LogP contribution in [0.1, 0.15) is 54.4 Å². The fourth-order valence-electron chi connectivity index (χ4n) is 2.52. The summed E-state index contributed by atoms with van der Waals surface area (Å²) in [4.78, 5) is 24.2. The molecule has 3 nitrogen and oxygen atoms in total. The van der Waals surface area contributed by atoms with Gasteiger partial charge in [-0.15, -0.1) is 0 Å². The van der Waals surface area contributed by atoms with Gasteiger partial charge in [-0.3, -0.25) is 9.59 Å². The standard InChI is InChI=1S/C21H24O3S/c22-20(11-7-2-1-3-8-16-25)24-19-14-12-18(13-15-19)21(23)17-9-5-4-6-10-17/h4-6,9-10,12-15,25H,1-3,7-8,11,16H2. The number of carbonyl (C=O) groups is 2. The Morgan fingerprint density at radius 1 is 0.760 bits per heavy atom. The van der Waals surface area contributed by atoms with Gasteiger partial charge >= 0.3 is 5.97 Å². The number of thiol groups is 1. The van der Waals surface area contributed by atoms with Gasteiger partial charge in [0.2, 0.25) is 0 Å². The van der Waals surface area contributed by atoms with Gasteiger partial charge in [0, 0.05) is 17.5 Å². The molecule has 0 amide bonds. The molecular weight excluding hydrogens is 332 g/mol. The highest BCUT2D eigenvalue weighted by molar-refractivity contribution is 7.80. The summed E-state index contributed by atoms with van der Waals surface area (Å²) in [7, 11) is 0. The maximum atomic E-state index is 12.3. The molecule has 0 atom stereocenters. The number of rotatable bonds is 10. The summed E-state index contributed by atoms with van der Waals surface area (Å²) in [5.74, 6) is 1.13. The lowest BCUT2D eigenvalue weighted by Crippen LogP contribution is -2.08. The minimum Gasteiger partial charge on any atom is -0.427 e. The lowest BCUT2D eigenvalue weighted by Gasteiger charge is -2.06. The van der Waals surface area contributed by atoms with Crippen molar-refractivity contribution >= 4 is 24.4 Å². The van der Waals surface area contributed by atoms with Gasteiger partial charge in [0.25, 0.3) is 0 Å². The largest absolute Gasteiger partial charge is 0.427 e. The molecule has 0 aliphatic rings. The van der Waals surface area contributed by atoms with Gasteiger partial charge in [0.05, 0.1) is 0 Å². The van der Waals surface area contributed by atoms with Crippen LogP contribution in [0.5, 0.6) is 5.75 Å². The molecule has 25 heavy (non-hydrogen) atoms. The molecule has 0 saturated heterocycles. The zero-order valence-electron chi connectivity index (χ0n) is 14.3. The minimum atomic E-state index is -0.226. The third-order valence-corrected chi connectivity index (χ3v) is 4.24. The number of benzene rings is 2. The quantitative estimate of drug-likeness (QED) is 0.212. The van der Waals surface area contributed by atoms with Crippen LogP contribution in [0.25, 0.3) is 0 Å². The maximum Gasteiger partial charge on any atom is 0.311 e. The van der Waals surface area contributed by atoms with E-state index in [2.05, 4.69) is 12.6 Å². The molecule has 4 heteroatoms. The maximum absolute atomic E-state index is 12.3. The van der Waals surface area contributed by atoms with Gasteiger partial charge in [-0.1, -0.05) is 49.6 Å². The minimum absolute atomic E-state index is 0.0420. The number of hydrogen-bond donors (Lipinski definition) is 1. The lowest BCUT2D eigenvalue weighted by atomic mass is 10.0. The highest BCUT2D eigenvalue weighted by Crippen LogP contribution is 2.16. The Morgan fingerprint density at radius 3 is 2.04 bits per heavy atom. The van der Waals surface area contributed by atoms with Crippen LogP contribution >= 0.6 is 12.6 Å². The summed E-state index contributed by atoms with van der Waals surface area (Å²) in [5, 5.41) is 0. The lowest BCUT2D eigenvalue weighted by molar-refractivity contribution is -0.134. The molecule has 0 fully saturated rings. The summed E-state index contributed by atoms with van der Waals surface area (Å²) in [6.45, 7) is 0. The summed E-state index contributed by atoms with van der Waals surface area (Å²) < 4.78 is 5.32. The summed E-state index contributed by atoms with van der Waals surface area (Å²) in [5.41, 5.74) is 1.22. The zero-order valence-corrected chi connectivity index (χ0v) is 15.2. The highest BCUT2D eigenvalue weighted by Gasteiger charge is 2.09. The van der Waals surface area contributed by atoms with Crippen molar-refractivity contribution in [1.82, 2.24) is 0 Å². The van der Waals surface area contributed by atoms with Crippen molar-refractivity contribution in [2.45, 2.75) is 38.5 Å². The average molecular weight is 356 g/mol. The summed E-state index contributed by atoms with van der Waals surface area (Å²) >= 11 is 4.18. The third kappa shape index (κ3) is 6.75. The zero-order chi connectivity index (χ0) is 17.9. The average Bonchev–Trinajstić information content (AvgIpc) is 2.65. The van der Waals surface area contributed by atoms with Crippen LogP contribution in [-0.4, -0.2) is 17.5 Å². The molecule has 0 aliphatic carbocycles. The van der Waals surface area contributed by atoms with E-state index in [4.69, 9.17) is 4.74 Å². The van der Waals surface area contributed by atoms with E-state index in [1.54, 1.807) is 36.4 Å². The van der Waals surface area contributed by atoms with Crippen LogP contribution in [0.3, 0.4) is 0 Å². The van der Waals surface area contributed by atoms with Crippen molar-refractivity contribution in [3.05, 3.63) is 65.7 Å². The number of ether oxygens (including phenoxy) is 1. The monoisotopic (exact) mass is 356 g/mol. The Bertz CT molecular complexity index is 665. The summed E-state index contributed by atoms with van der Waals surface area (Å²) in [6.07, 6.45) is 5.72.